The van der Waals surface area contributed by atoms with Gasteiger partial charge in [-0.25, -0.2) is 4.99 Å². The first-order chi connectivity index (χ1) is 12.1. The number of amides is 1. The SMILES string of the molecule is CCOCCCCNC(=NCC(=O)N(C)C)NCCN1CCOCC1. The molecular formula is C17H35N5O3. The van der Waals surface area contributed by atoms with Gasteiger partial charge in [-0.15, -0.1) is 0 Å². The van der Waals surface area contributed by atoms with Gasteiger partial charge < -0.3 is 25.0 Å². The standard InChI is InChI=1S/C17H35N5O3/c1-4-24-12-6-5-7-18-17(20-15-16(23)21(2)3)19-8-9-22-10-13-25-14-11-22/h4-15H2,1-3H3,(H2,18,19,20). The molecule has 1 aliphatic heterocycles. The molecule has 0 saturated carbocycles. The Hall–Kier alpha value is -1.38. The quantitative estimate of drug-likeness (QED) is 0.302. The van der Waals surface area contributed by atoms with Crippen LogP contribution in [0.25, 0.3) is 0 Å². The van der Waals surface area contributed by atoms with Crippen molar-refractivity contribution in [1.82, 2.24) is 20.4 Å². The van der Waals surface area contributed by atoms with E-state index < -0.39 is 0 Å². The van der Waals surface area contributed by atoms with Gasteiger partial charge >= 0.3 is 0 Å². The minimum atomic E-state index is -0.00868. The van der Waals surface area contributed by atoms with Crippen molar-refractivity contribution >= 4 is 11.9 Å². The predicted molar refractivity (Wildman–Crippen MR) is 100.0 cm³/mol. The summed E-state index contributed by atoms with van der Waals surface area (Å²) in [5.74, 6) is 0.686. The van der Waals surface area contributed by atoms with Gasteiger partial charge in [0.25, 0.3) is 0 Å². The Balaban J connectivity index is 2.32. The normalized spacial score (nSPS) is 15.9. The number of carbonyl (C=O) groups is 1. The number of rotatable bonds is 11. The van der Waals surface area contributed by atoms with Crippen LogP contribution in [-0.4, -0.2) is 101 Å². The number of likely N-dealkylation sites (N-methyl/N-ethyl adjacent to an activating group) is 1. The summed E-state index contributed by atoms with van der Waals surface area (Å²) in [4.78, 5) is 20.0. The lowest BCUT2D eigenvalue weighted by molar-refractivity contribution is -0.127. The molecule has 1 heterocycles. The van der Waals surface area contributed by atoms with E-state index in [0.717, 1.165) is 72.0 Å². The second-order valence-electron chi connectivity index (χ2n) is 6.16. The number of aliphatic imine (C=N–C) groups is 1. The maximum Gasteiger partial charge on any atom is 0.243 e. The topological polar surface area (TPSA) is 78.4 Å². The molecule has 146 valence electrons. The van der Waals surface area contributed by atoms with Crippen LogP contribution in [0.3, 0.4) is 0 Å². The van der Waals surface area contributed by atoms with E-state index in [2.05, 4.69) is 20.5 Å². The summed E-state index contributed by atoms with van der Waals surface area (Å²) in [6.07, 6.45) is 2.02. The second kappa shape index (κ2) is 13.9. The van der Waals surface area contributed by atoms with Crippen LogP contribution in [0.5, 0.6) is 0 Å². The van der Waals surface area contributed by atoms with Crippen molar-refractivity contribution < 1.29 is 14.3 Å². The molecule has 8 heteroatoms. The zero-order chi connectivity index (χ0) is 18.3. The Morgan fingerprint density at radius 3 is 2.60 bits per heavy atom. The largest absolute Gasteiger partial charge is 0.382 e. The van der Waals surface area contributed by atoms with E-state index in [1.807, 2.05) is 6.92 Å². The van der Waals surface area contributed by atoms with Gasteiger partial charge in [0.05, 0.1) is 13.2 Å². The zero-order valence-corrected chi connectivity index (χ0v) is 16.1. The molecule has 2 N–H and O–H groups in total. The fourth-order valence-corrected chi connectivity index (χ4v) is 2.30. The molecule has 0 radical (unpaired) electrons. The molecule has 0 spiro atoms. The molecule has 1 amide bonds. The van der Waals surface area contributed by atoms with Crippen LogP contribution < -0.4 is 10.6 Å². The molecule has 25 heavy (non-hydrogen) atoms. The number of carbonyl (C=O) groups excluding carboxylic acids is 1. The molecule has 0 aromatic carbocycles. The number of ether oxygens (including phenoxy) is 2. The lowest BCUT2D eigenvalue weighted by Gasteiger charge is -2.26. The summed E-state index contributed by atoms with van der Waals surface area (Å²) < 4.78 is 10.7. The summed E-state index contributed by atoms with van der Waals surface area (Å²) >= 11 is 0. The van der Waals surface area contributed by atoms with Crippen molar-refractivity contribution in [1.29, 1.82) is 0 Å². The summed E-state index contributed by atoms with van der Waals surface area (Å²) in [7, 11) is 3.48. The van der Waals surface area contributed by atoms with E-state index in [1.165, 1.54) is 0 Å². The van der Waals surface area contributed by atoms with E-state index in [0.29, 0.717) is 5.96 Å². The van der Waals surface area contributed by atoms with E-state index >= 15 is 0 Å². The summed E-state index contributed by atoms with van der Waals surface area (Å²) in [6.45, 7) is 9.79. The monoisotopic (exact) mass is 357 g/mol. The fourth-order valence-electron chi connectivity index (χ4n) is 2.30. The molecule has 0 aromatic rings. The third-order valence-corrected chi connectivity index (χ3v) is 3.91. The Bertz CT molecular complexity index is 384. The minimum Gasteiger partial charge on any atom is -0.382 e. The van der Waals surface area contributed by atoms with Crippen LogP contribution >= 0.6 is 0 Å². The van der Waals surface area contributed by atoms with Gasteiger partial charge in [-0.3, -0.25) is 9.69 Å². The van der Waals surface area contributed by atoms with Crippen molar-refractivity contribution in [2.45, 2.75) is 19.8 Å². The Morgan fingerprint density at radius 1 is 1.20 bits per heavy atom. The van der Waals surface area contributed by atoms with Crippen LogP contribution in [0.2, 0.25) is 0 Å². The first-order valence-corrected chi connectivity index (χ1v) is 9.23. The van der Waals surface area contributed by atoms with Gasteiger partial charge in [-0.1, -0.05) is 0 Å². The fraction of sp³-hybridized carbons (Fsp3) is 0.882. The number of unbranched alkanes of at least 4 members (excludes halogenated alkanes) is 1. The molecule has 1 saturated heterocycles. The van der Waals surface area contributed by atoms with E-state index in [1.54, 1.807) is 19.0 Å². The van der Waals surface area contributed by atoms with E-state index in [-0.39, 0.29) is 12.5 Å². The highest BCUT2D eigenvalue weighted by atomic mass is 16.5. The first-order valence-electron chi connectivity index (χ1n) is 9.23. The number of hydrogen-bond donors (Lipinski definition) is 2. The van der Waals surface area contributed by atoms with Gasteiger partial charge in [0.2, 0.25) is 5.91 Å². The summed E-state index contributed by atoms with van der Waals surface area (Å²) in [6, 6.07) is 0. The smallest absolute Gasteiger partial charge is 0.243 e. The van der Waals surface area contributed by atoms with Gasteiger partial charge in [-0.2, -0.15) is 0 Å². The van der Waals surface area contributed by atoms with Crippen molar-refractivity contribution in [3.63, 3.8) is 0 Å². The van der Waals surface area contributed by atoms with Crippen LogP contribution in [0.15, 0.2) is 4.99 Å². The van der Waals surface area contributed by atoms with Gasteiger partial charge in [-0.05, 0) is 19.8 Å². The first kappa shape index (κ1) is 21.7. The van der Waals surface area contributed by atoms with Gasteiger partial charge in [0, 0.05) is 60.0 Å². The highest BCUT2D eigenvalue weighted by Crippen LogP contribution is 1.95. The van der Waals surface area contributed by atoms with Crippen LogP contribution in [0.4, 0.5) is 0 Å². The maximum absolute atomic E-state index is 11.7. The Labute approximate surface area is 151 Å². The number of hydrogen-bond acceptors (Lipinski definition) is 5. The van der Waals surface area contributed by atoms with Gasteiger partial charge in [0.1, 0.15) is 6.54 Å². The highest BCUT2D eigenvalue weighted by molar-refractivity contribution is 5.84. The molecular weight excluding hydrogens is 322 g/mol. The number of nitrogens with one attached hydrogen (secondary N) is 2. The average molecular weight is 357 g/mol. The lowest BCUT2D eigenvalue weighted by atomic mass is 10.3. The maximum atomic E-state index is 11.7. The molecule has 1 aliphatic rings. The summed E-state index contributed by atoms with van der Waals surface area (Å²) in [5.41, 5.74) is 0. The van der Waals surface area contributed by atoms with Crippen LogP contribution in [-0.2, 0) is 14.3 Å². The summed E-state index contributed by atoms with van der Waals surface area (Å²) in [5, 5.41) is 6.62. The molecule has 1 fully saturated rings. The van der Waals surface area contributed by atoms with Crippen molar-refractivity contribution in [3.05, 3.63) is 0 Å². The van der Waals surface area contributed by atoms with Crippen molar-refractivity contribution in [2.75, 3.05) is 79.8 Å². The molecule has 0 atom stereocenters. The van der Waals surface area contributed by atoms with Crippen molar-refractivity contribution in [2.24, 2.45) is 4.99 Å². The average Bonchev–Trinajstić information content (AvgIpc) is 2.62. The van der Waals surface area contributed by atoms with E-state index in [9.17, 15) is 4.79 Å². The minimum absolute atomic E-state index is 0.00868. The lowest BCUT2D eigenvalue weighted by Crippen LogP contribution is -2.45. The van der Waals surface area contributed by atoms with Crippen LogP contribution in [0, 0.1) is 0 Å². The second-order valence-corrected chi connectivity index (χ2v) is 6.16. The van der Waals surface area contributed by atoms with Crippen LogP contribution in [0.1, 0.15) is 19.8 Å². The predicted octanol–water partition coefficient (Wildman–Crippen LogP) is -0.241. The molecule has 0 unspecified atom stereocenters. The highest BCUT2D eigenvalue weighted by Gasteiger charge is 2.10. The Morgan fingerprint density at radius 2 is 1.92 bits per heavy atom. The third kappa shape index (κ3) is 11.0. The molecule has 8 nitrogen and oxygen atoms in total. The molecule has 0 aromatic heterocycles. The van der Waals surface area contributed by atoms with E-state index in [4.69, 9.17) is 9.47 Å². The molecule has 1 rings (SSSR count). The molecule has 0 bridgehead atoms. The molecule has 0 aliphatic carbocycles. The van der Waals surface area contributed by atoms with Crippen molar-refractivity contribution in [3.8, 4) is 0 Å². The van der Waals surface area contributed by atoms with Gasteiger partial charge in [0.15, 0.2) is 5.96 Å². The third-order valence-electron chi connectivity index (χ3n) is 3.91. The number of morpholine rings is 1. The number of guanidine groups is 1. The Kier molecular flexibility index (Phi) is 12.0. The number of nitrogens with zero attached hydrogens (tertiary/aromatic N) is 3. The zero-order valence-electron chi connectivity index (χ0n) is 16.1.